The lowest BCUT2D eigenvalue weighted by Crippen LogP contribution is -2.46. The first kappa shape index (κ1) is 9.32. The molecule has 1 aliphatic rings. The Labute approximate surface area is 72.9 Å². The molecule has 0 spiro atoms. The minimum absolute atomic E-state index is 0.428. The van der Waals surface area contributed by atoms with Gasteiger partial charge in [-0.15, -0.1) is 0 Å². The van der Waals surface area contributed by atoms with Crippen molar-refractivity contribution in [1.29, 1.82) is 0 Å². The maximum atomic E-state index is 10.4. The molecule has 1 heterocycles. The first-order valence-corrected chi connectivity index (χ1v) is 4.27. The molecule has 0 saturated carbocycles. The van der Waals surface area contributed by atoms with Crippen LogP contribution in [0.2, 0.25) is 0 Å². The number of hydrogen-bond donors (Lipinski definition) is 1. The van der Waals surface area contributed by atoms with Gasteiger partial charge in [-0.2, -0.15) is 0 Å². The van der Waals surface area contributed by atoms with Crippen LogP contribution in [0.3, 0.4) is 0 Å². The van der Waals surface area contributed by atoms with Gasteiger partial charge in [-0.05, 0) is 0 Å². The lowest BCUT2D eigenvalue weighted by atomic mass is 10.2. The number of hydrogen-bond acceptors (Lipinski definition) is 2. The number of likely N-dealkylation sites (tertiary alicyclic amines) is 1. The lowest BCUT2D eigenvalue weighted by Gasteiger charge is -2.30. The van der Waals surface area contributed by atoms with Crippen LogP contribution in [-0.4, -0.2) is 43.9 Å². The maximum absolute atomic E-state index is 10.4. The van der Waals surface area contributed by atoms with Gasteiger partial charge in [-0.1, -0.05) is 0 Å². The van der Waals surface area contributed by atoms with Crippen LogP contribution in [0.4, 0.5) is 4.79 Å². The molecule has 1 atom stereocenters. The van der Waals surface area contributed by atoms with E-state index in [1.54, 1.807) is 0 Å². The standard InChI is InChI=1S/C8H16N2O2/c1-10(2)5-3-4-7(10)6-12-8(9)11/h7H,3-6H2,1-2H3,(H-,9,11)/p+1/t7-/m0/s1. The Bertz CT molecular complexity index is 180. The van der Waals surface area contributed by atoms with Gasteiger partial charge < -0.3 is 15.0 Å². The molecule has 0 aromatic carbocycles. The molecule has 0 aromatic heterocycles. The van der Waals surface area contributed by atoms with Gasteiger partial charge in [0.2, 0.25) is 0 Å². The second-order valence-electron chi connectivity index (χ2n) is 3.93. The molecule has 1 amide bonds. The number of nitrogens with two attached hydrogens (primary N) is 1. The maximum Gasteiger partial charge on any atom is 0.404 e. The second kappa shape index (κ2) is 3.31. The third-order valence-electron chi connectivity index (χ3n) is 2.68. The summed E-state index contributed by atoms with van der Waals surface area (Å²) < 4.78 is 5.72. The van der Waals surface area contributed by atoms with Crippen LogP contribution in [0, 0.1) is 0 Å². The van der Waals surface area contributed by atoms with Crippen molar-refractivity contribution in [3.63, 3.8) is 0 Å². The highest BCUT2D eigenvalue weighted by atomic mass is 16.5. The van der Waals surface area contributed by atoms with Crippen molar-refractivity contribution in [3.8, 4) is 0 Å². The normalized spacial score (nSPS) is 27.0. The predicted molar refractivity (Wildman–Crippen MR) is 45.5 cm³/mol. The topological polar surface area (TPSA) is 52.3 Å². The van der Waals surface area contributed by atoms with Gasteiger partial charge in [0.05, 0.1) is 20.6 Å². The van der Waals surface area contributed by atoms with E-state index >= 15 is 0 Å². The lowest BCUT2D eigenvalue weighted by molar-refractivity contribution is -0.902. The van der Waals surface area contributed by atoms with E-state index in [1.165, 1.54) is 6.42 Å². The Morgan fingerprint density at radius 3 is 2.75 bits per heavy atom. The number of rotatable bonds is 2. The Kier molecular flexibility index (Phi) is 2.57. The van der Waals surface area contributed by atoms with E-state index in [0.717, 1.165) is 17.4 Å². The summed E-state index contributed by atoms with van der Waals surface area (Å²) in [5, 5.41) is 0. The van der Waals surface area contributed by atoms with Crippen LogP contribution in [0.1, 0.15) is 12.8 Å². The van der Waals surface area contributed by atoms with Crippen molar-refractivity contribution in [3.05, 3.63) is 0 Å². The van der Waals surface area contributed by atoms with Crippen LogP contribution in [0.15, 0.2) is 0 Å². The fourth-order valence-electron chi connectivity index (χ4n) is 1.73. The summed E-state index contributed by atoms with van der Waals surface area (Å²) >= 11 is 0. The van der Waals surface area contributed by atoms with Crippen molar-refractivity contribution in [2.75, 3.05) is 27.2 Å². The van der Waals surface area contributed by atoms with Gasteiger partial charge >= 0.3 is 6.09 Å². The predicted octanol–water partition coefficient (Wildman–Crippen LogP) is 0.321. The highest BCUT2D eigenvalue weighted by Crippen LogP contribution is 2.21. The average molecular weight is 173 g/mol. The summed E-state index contributed by atoms with van der Waals surface area (Å²) in [6.07, 6.45) is 1.67. The van der Waals surface area contributed by atoms with Crippen LogP contribution in [0.25, 0.3) is 0 Å². The molecule has 2 N–H and O–H groups in total. The summed E-state index contributed by atoms with van der Waals surface area (Å²) in [5.41, 5.74) is 4.89. The molecule has 1 saturated heterocycles. The number of ether oxygens (including phenoxy) is 1. The van der Waals surface area contributed by atoms with Crippen LogP contribution < -0.4 is 5.73 Å². The zero-order valence-corrected chi connectivity index (χ0v) is 7.75. The van der Waals surface area contributed by atoms with E-state index < -0.39 is 6.09 Å². The number of quaternary nitrogens is 1. The van der Waals surface area contributed by atoms with Crippen molar-refractivity contribution >= 4 is 6.09 Å². The highest BCUT2D eigenvalue weighted by Gasteiger charge is 2.34. The molecule has 0 bridgehead atoms. The smallest absolute Gasteiger partial charge is 0.404 e. The van der Waals surface area contributed by atoms with Gasteiger partial charge in [-0.3, -0.25) is 0 Å². The molecule has 4 nitrogen and oxygen atoms in total. The van der Waals surface area contributed by atoms with Crippen molar-refractivity contribution in [2.45, 2.75) is 18.9 Å². The molecule has 0 aliphatic carbocycles. The zero-order valence-electron chi connectivity index (χ0n) is 7.75. The molecular formula is C8H17N2O2+. The Morgan fingerprint density at radius 1 is 1.67 bits per heavy atom. The average Bonchev–Trinajstić information content (AvgIpc) is 2.25. The van der Waals surface area contributed by atoms with E-state index in [0.29, 0.717) is 12.6 Å². The summed E-state index contributed by atoms with van der Waals surface area (Å²) in [7, 11) is 4.31. The molecule has 1 fully saturated rings. The minimum atomic E-state index is -0.665. The van der Waals surface area contributed by atoms with Crippen molar-refractivity contribution in [1.82, 2.24) is 0 Å². The molecular weight excluding hydrogens is 156 g/mol. The van der Waals surface area contributed by atoms with E-state index in [9.17, 15) is 4.79 Å². The zero-order chi connectivity index (χ0) is 9.19. The van der Waals surface area contributed by atoms with Crippen LogP contribution in [-0.2, 0) is 4.74 Å². The van der Waals surface area contributed by atoms with Gasteiger partial charge in [-0.25, -0.2) is 4.79 Å². The molecule has 1 rings (SSSR count). The number of nitrogens with zero attached hydrogens (tertiary/aromatic N) is 1. The first-order valence-electron chi connectivity index (χ1n) is 4.27. The summed E-state index contributed by atoms with van der Waals surface area (Å²) in [5.74, 6) is 0. The SMILES string of the molecule is C[N+]1(C)CCC[C@H]1COC(N)=O. The number of primary amides is 1. The van der Waals surface area contributed by atoms with Gasteiger partial charge in [0.15, 0.2) is 0 Å². The molecule has 4 heteroatoms. The molecule has 1 aliphatic heterocycles. The quantitative estimate of drug-likeness (QED) is 0.611. The monoisotopic (exact) mass is 173 g/mol. The van der Waals surface area contributed by atoms with Crippen molar-refractivity contribution in [2.24, 2.45) is 5.73 Å². The molecule has 0 radical (unpaired) electrons. The highest BCUT2D eigenvalue weighted by molar-refractivity contribution is 5.64. The number of carbonyl (C=O) groups excluding carboxylic acids is 1. The van der Waals surface area contributed by atoms with E-state index in [2.05, 4.69) is 14.1 Å². The Hall–Kier alpha value is -0.770. The molecule has 12 heavy (non-hydrogen) atoms. The Morgan fingerprint density at radius 2 is 2.33 bits per heavy atom. The fraction of sp³-hybridized carbons (Fsp3) is 0.875. The summed E-state index contributed by atoms with van der Waals surface area (Å²) in [6.45, 7) is 1.62. The first-order chi connectivity index (χ1) is 5.52. The number of amides is 1. The third kappa shape index (κ3) is 2.11. The number of carbonyl (C=O) groups is 1. The summed E-state index contributed by atoms with van der Waals surface area (Å²) in [6, 6.07) is 0.428. The molecule has 0 unspecified atom stereocenters. The van der Waals surface area contributed by atoms with Gasteiger partial charge in [0.25, 0.3) is 0 Å². The Balaban J connectivity index is 2.36. The van der Waals surface area contributed by atoms with Gasteiger partial charge in [0, 0.05) is 12.8 Å². The fourth-order valence-corrected chi connectivity index (χ4v) is 1.73. The summed E-state index contributed by atoms with van der Waals surface area (Å²) in [4.78, 5) is 10.4. The van der Waals surface area contributed by atoms with Crippen LogP contribution >= 0.6 is 0 Å². The molecule has 70 valence electrons. The second-order valence-corrected chi connectivity index (χ2v) is 3.93. The largest absolute Gasteiger partial charge is 0.443 e. The van der Waals surface area contributed by atoms with Crippen molar-refractivity contribution < 1.29 is 14.0 Å². The van der Waals surface area contributed by atoms with E-state index in [1.807, 2.05) is 0 Å². The van der Waals surface area contributed by atoms with E-state index in [4.69, 9.17) is 10.5 Å². The van der Waals surface area contributed by atoms with Crippen LogP contribution in [0.5, 0.6) is 0 Å². The minimum Gasteiger partial charge on any atom is -0.443 e. The number of likely N-dealkylation sites (N-methyl/N-ethyl adjacent to an activating group) is 1. The van der Waals surface area contributed by atoms with E-state index in [-0.39, 0.29) is 0 Å². The van der Waals surface area contributed by atoms with Gasteiger partial charge in [0.1, 0.15) is 12.6 Å². The third-order valence-corrected chi connectivity index (χ3v) is 2.68. The molecule has 0 aromatic rings.